The Morgan fingerprint density at radius 3 is 2.94 bits per heavy atom. The van der Waals surface area contributed by atoms with Gasteiger partial charge in [-0.1, -0.05) is 27.2 Å². The molecule has 98 valence electrons. The van der Waals surface area contributed by atoms with E-state index in [9.17, 15) is 0 Å². The van der Waals surface area contributed by atoms with E-state index in [2.05, 4.69) is 37.3 Å². The van der Waals surface area contributed by atoms with E-state index in [4.69, 9.17) is 4.74 Å². The minimum atomic E-state index is 0.499. The first kappa shape index (κ1) is 14.2. The van der Waals surface area contributed by atoms with Gasteiger partial charge in [0.1, 0.15) is 0 Å². The van der Waals surface area contributed by atoms with Crippen LogP contribution in [-0.4, -0.2) is 29.0 Å². The number of hydrogen-bond donors (Lipinski definition) is 1. The highest BCUT2D eigenvalue weighted by molar-refractivity contribution is 5.00. The van der Waals surface area contributed by atoms with Crippen LogP contribution in [0.4, 0.5) is 0 Å². The first-order valence-electron chi connectivity index (χ1n) is 6.55. The average Bonchev–Trinajstić information content (AvgIpc) is 2.73. The number of nitrogens with one attached hydrogen (secondary N) is 1. The molecule has 1 aromatic heterocycles. The molecule has 0 atom stereocenters. The van der Waals surface area contributed by atoms with Crippen molar-refractivity contribution < 1.29 is 4.74 Å². The lowest BCUT2D eigenvalue weighted by atomic mass is 10.3. The Kier molecular flexibility index (Phi) is 6.89. The highest BCUT2D eigenvalue weighted by Gasteiger charge is 2.02. The molecule has 0 aliphatic rings. The van der Waals surface area contributed by atoms with Crippen LogP contribution in [0.5, 0.6) is 0 Å². The number of unbranched alkanes of at least 4 members (excludes halogenated alkanes) is 1. The van der Waals surface area contributed by atoms with E-state index in [-0.39, 0.29) is 0 Å². The third-order valence-electron chi connectivity index (χ3n) is 2.59. The highest BCUT2D eigenvalue weighted by Crippen LogP contribution is 1.99. The van der Waals surface area contributed by atoms with Crippen LogP contribution in [-0.2, 0) is 17.8 Å². The summed E-state index contributed by atoms with van der Waals surface area (Å²) in [5.41, 5.74) is 1.22. The van der Waals surface area contributed by atoms with Crippen molar-refractivity contribution in [2.24, 2.45) is 0 Å². The van der Waals surface area contributed by atoms with Crippen molar-refractivity contribution in [1.29, 1.82) is 0 Å². The summed E-state index contributed by atoms with van der Waals surface area (Å²) >= 11 is 0. The topological polar surface area (TPSA) is 39.1 Å². The molecule has 4 heteroatoms. The Morgan fingerprint density at radius 2 is 2.24 bits per heavy atom. The monoisotopic (exact) mass is 239 g/mol. The van der Waals surface area contributed by atoms with Crippen LogP contribution in [0.2, 0.25) is 0 Å². The molecular weight excluding hydrogens is 214 g/mol. The number of hydrogen-bond acceptors (Lipinski definition) is 3. The SMILES string of the molecule is CCCCOCCn1nccc1CNC(C)C. The first-order chi connectivity index (χ1) is 8.24. The van der Waals surface area contributed by atoms with Crippen molar-refractivity contribution in [2.45, 2.75) is 52.7 Å². The third-order valence-corrected chi connectivity index (χ3v) is 2.59. The summed E-state index contributed by atoms with van der Waals surface area (Å²) < 4.78 is 7.56. The predicted molar refractivity (Wildman–Crippen MR) is 69.9 cm³/mol. The highest BCUT2D eigenvalue weighted by atomic mass is 16.5. The fourth-order valence-electron chi connectivity index (χ4n) is 1.52. The molecule has 0 unspecified atom stereocenters. The van der Waals surface area contributed by atoms with Crippen LogP contribution >= 0.6 is 0 Å². The van der Waals surface area contributed by atoms with E-state index in [0.29, 0.717) is 6.04 Å². The normalized spacial score (nSPS) is 11.3. The van der Waals surface area contributed by atoms with Gasteiger partial charge >= 0.3 is 0 Å². The van der Waals surface area contributed by atoms with Gasteiger partial charge in [0.05, 0.1) is 18.8 Å². The molecule has 0 fully saturated rings. The fourth-order valence-corrected chi connectivity index (χ4v) is 1.52. The van der Waals surface area contributed by atoms with E-state index >= 15 is 0 Å². The minimum Gasteiger partial charge on any atom is -0.380 e. The summed E-state index contributed by atoms with van der Waals surface area (Å²) in [6.07, 6.45) is 4.18. The van der Waals surface area contributed by atoms with Crippen LogP contribution < -0.4 is 5.32 Å². The molecule has 0 aromatic carbocycles. The van der Waals surface area contributed by atoms with E-state index in [1.165, 1.54) is 12.1 Å². The molecule has 0 aliphatic carbocycles. The van der Waals surface area contributed by atoms with Crippen molar-refractivity contribution in [2.75, 3.05) is 13.2 Å². The smallest absolute Gasteiger partial charge is 0.0662 e. The van der Waals surface area contributed by atoms with Crippen LogP contribution in [0.15, 0.2) is 12.3 Å². The molecule has 0 bridgehead atoms. The lowest BCUT2D eigenvalue weighted by Crippen LogP contribution is -2.24. The molecule has 0 radical (unpaired) electrons. The summed E-state index contributed by atoms with van der Waals surface area (Å²) in [6, 6.07) is 2.56. The molecule has 0 saturated heterocycles. The Labute approximate surface area is 104 Å². The predicted octanol–water partition coefficient (Wildman–Crippen LogP) is 2.20. The lowest BCUT2D eigenvalue weighted by Gasteiger charge is -2.11. The second-order valence-corrected chi connectivity index (χ2v) is 4.55. The Balaban J connectivity index is 2.25. The molecule has 1 rings (SSSR count). The average molecular weight is 239 g/mol. The molecule has 17 heavy (non-hydrogen) atoms. The molecule has 0 aliphatic heterocycles. The van der Waals surface area contributed by atoms with Gasteiger partial charge in [-0.05, 0) is 12.5 Å². The summed E-state index contributed by atoms with van der Waals surface area (Å²) in [7, 11) is 0. The van der Waals surface area contributed by atoms with Crippen molar-refractivity contribution in [1.82, 2.24) is 15.1 Å². The zero-order valence-electron chi connectivity index (χ0n) is 11.3. The standard InChI is InChI=1S/C13H25N3O/c1-4-5-9-17-10-8-16-13(6-7-15-16)11-14-12(2)3/h6-7,12,14H,4-5,8-11H2,1-3H3. The van der Waals surface area contributed by atoms with Gasteiger partial charge in [0.15, 0.2) is 0 Å². The van der Waals surface area contributed by atoms with Gasteiger partial charge in [-0.3, -0.25) is 4.68 Å². The van der Waals surface area contributed by atoms with Crippen molar-refractivity contribution in [3.63, 3.8) is 0 Å². The van der Waals surface area contributed by atoms with Crippen LogP contribution in [0.1, 0.15) is 39.3 Å². The van der Waals surface area contributed by atoms with Crippen LogP contribution in [0.3, 0.4) is 0 Å². The van der Waals surface area contributed by atoms with Crippen LogP contribution in [0.25, 0.3) is 0 Å². The fraction of sp³-hybridized carbons (Fsp3) is 0.769. The van der Waals surface area contributed by atoms with Crippen molar-refractivity contribution in [3.8, 4) is 0 Å². The van der Waals surface area contributed by atoms with E-state index in [1.807, 2.05) is 10.9 Å². The van der Waals surface area contributed by atoms with E-state index < -0.39 is 0 Å². The van der Waals surface area contributed by atoms with Crippen molar-refractivity contribution >= 4 is 0 Å². The van der Waals surface area contributed by atoms with Gasteiger partial charge in [0.2, 0.25) is 0 Å². The number of rotatable bonds is 9. The molecular formula is C13H25N3O. The number of nitrogens with zero attached hydrogens (tertiary/aromatic N) is 2. The van der Waals surface area contributed by atoms with Gasteiger partial charge in [0.25, 0.3) is 0 Å². The van der Waals surface area contributed by atoms with Gasteiger partial charge in [-0.2, -0.15) is 5.10 Å². The molecule has 4 nitrogen and oxygen atoms in total. The van der Waals surface area contributed by atoms with Gasteiger partial charge in [-0.25, -0.2) is 0 Å². The zero-order chi connectivity index (χ0) is 12.5. The second-order valence-electron chi connectivity index (χ2n) is 4.55. The summed E-state index contributed by atoms with van der Waals surface area (Å²) in [6.45, 7) is 9.78. The van der Waals surface area contributed by atoms with E-state index in [1.54, 1.807) is 0 Å². The molecule has 1 aromatic rings. The molecule has 0 spiro atoms. The number of ether oxygens (including phenoxy) is 1. The Morgan fingerprint density at radius 1 is 1.41 bits per heavy atom. The largest absolute Gasteiger partial charge is 0.380 e. The third kappa shape index (κ3) is 5.84. The maximum Gasteiger partial charge on any atom is 0.0662 e. The van der Waals surface area contributed by atoms with Gasteiger partial charge < -0.3 is 10.1 Å². The maximum atomic E-state index is 5.55. The molecule has 1 heterocycles. The summed E-state index contributed by atoms with van der Waals surface area (Å²) in [5, 5.41) is 7.71. The van der Waals surface area contributed by atoms with E-state index in [0.717, 1.165) is 32.7 Å². The zero-order valence-corrected chi connectivity index (χ0v) is 11.3. The quantitative estimate of drug-likeness (QED) is 0.671. The maximum absolute atomic E-state index is 5.55. The molecule has 0 saturated carbocycles. The molecule has 1 N–H and O–H groups in total. The molecule has 0 amide bonds. The summed E-state index contributed by atoms with van der Waals surface area (Å²) in [4.78, 5) is 0. The Bertz CT molecular complexity index is 297. The second kappa shape index (κ2) is 8.25. The Hall–Kier alpha value is -0.870. The number of aromatic nitrogens is 2. The lowest BCUT2D eigenvalue weighted by molar-refractivity contribution is 0.120. The minimum absolute atomic E-state index is 0.499. The first-order valence-corrected chi connectivity index (χ1v) is 6.55. The van der Waals surface area contributed by atoms with Gasteiger partial charge in [-0.15, -0.1) is 0 Å². The van der Waals surface area contributed by atoms with Gasteiger partial charge in [0, 0.05) is 25.4 Å². The van der Waals surface area contributed by atoms with Crippen molar-refractivity contribution in [3.05, 3.63) is 18.0 Å². The van der Waals surface area contributed by atoms with Crippen LogP contribution in [0, 0.1) is 0 Å². The summed E-state index contributed by atoms with van der Waals surface area (Å²) in [5.74, 6) is 0.